The molecule has 0 atom stereocenters. The van der Waals surface area contributed by atoms with Gasteiger partial charge in [-0.15, -0.1) is 0 Å². The Bertz CT molecular complexity index is 668. The predicted octanol–water partition coefficient (Wildman–Crippen LogP) is 3.48. The van der Waals surface area contributed by atoms with Crippen molar-refractivity contribution in [2.45, 2.75) is 50.3 Å². The second-order valence-electron chi connectivity index (χ2n) is 6.38. The van der Waals surface area contributed by atoms with Crippen LogP contribution < -0.4 is 0 Å². The third-order valence-electron chi connectivity index (χ3n) is 4.67. The van der Waals surface area contributed by atoms with E-state index in [0.717, 1.165) is 31.2 Å². The van der Waals surface area contributed by atoms with Crippen LogP contribution in [0.25, 0.3) is 0 Å². The number of rotatable bonds is 3. The fraction of sp³-hybridized carbons (Fsp3) is 0.588. The Morgan fingerprint density at radius 3 is 2.27 bits per heavy atom. The minimum Gasteiger partial charge on any atom is -0.465 e. The monoisotopic (exact) mass is 324 g/mol. The molecule has 4 nitrogen and oxygen atoms in total. The fourth-order valence-electron chi connectivity index (χ4n) is 3.43. The lowest BCUT2D eigenvalue weighted by Crippen LogP contribution is -2.17. The lowest BCUT2D eigenvalue weighted by Gasteiger charge is -2.28. The molecule has 5 heteroatoms. The molecule has 1 aliphatic carbocycles. The van der Waals surface area contributed by atoms with Gasteiger partial charge in [0, 0.05) is 6.26 Å². The number of benzene rings is 1. The highest BCUT2D eigenvalue weighted by Crippen LogP contribution is 2.39. The van der Waals surface area contributed by atoms with Gasteiger partial charge in [-0.25, -0.2) is 13.2 Å². The Kier molecular flexibility index (Phi) is 4.95. The van der Waals surface area contributed by atoms with Gasteiger partial charge in [-0.1, -0.05) is 25.8 Å². The number of hydrogen-bond acceptors (Lipinski definition) is 4. The van der Waals surface area contributed by atoms with Crippen LogP contribution in [0.4, 0.5) is 0 Å². The van der Waals surface area contributed by atoms with Crippen molar-refractivity contribution >= 4 is 15.8 Å². The largest absolute Gasteiger partial charge is 0.465 e. The first-order valence-corrected chi connectivity index (χ1v) is 9.56. The fourth-order valence-corrected chi connectivity index (χ4v) is 4.76. The molecule has 0 N–H and O–H groups in total. The Balaban J connectivity index is 2.55. The van der Waals surface area contributed by atoms with Crippen molar-refractivity contribution in [3.63, 3.8) is 0 Å². The molecular weight excluding hydrogens is 300 g/mol. The van der Waals surface area contributed by atoms with E-state index in [1.807, 2.05) is 0 Å². The van der Waals surface area contributed by atoms with Crippen LogP contribution in [0.2, 0.25) is 0 Å². The molecule has 0 amide bonds. The summed E-state index contributed by atoms with van der Waals surface area (Å²) in [6.07, 6.45) is 5.45. The van der Waals surface area contributed by atoms with Crippen LogP contribution in [0.3, 0.4) is 0 Å². The molecule has 1 aliphatic rings. The van der Waals surface area contributed by atoms with E-state index < -0.39 is 15.8 Å². The molecular formula is C17H24O4S. The highest BCUT2D eigenvalue weighted by atomic mass is 32.2. The van der Waals surface area contributed by atoms with Crippen LogP contribution in [0.5, 0.6) is 0 Å². The number of methoxy groups -OCH3 is 1. The summed E-state index contributed by atoms with van der Waals surface area (Å²) < 4.78 is 29.3. The first kappa shape index (κ1) is 17.0. The van der Waals surface area contributed by atoms with Crippen LogP contribution in [0.1, 0.15) is 60.0 Å². The molecule has 0 radical (unpaired) electrons. The van der Waals surface area contributed by atoms with Crippen molar-refractivity contribution in [1.29, 1.82) is 0 Å². The number of esters is 1. The number of carbonyl (C=O) groups is 1. The second kappa shape index (κ2) is 6.41. The van der Waals surface area contributed by atoms with Gasteiger partial charge in [0.15, 0.2) is 9.84 Å². The molecule has 1 aromatic rings. The number of sulfone groups is 1. The minimum atomic E-state index is -3.40. The standard InChI is InChI=1S/C17H24O4S/c1-11-5-7-13(8-6-11)15-10-9-14(17(18)21-3)12(2)16(15)22(4,19)20/h9-11,13H,5-8H2,1-4H3. The van der Waals surface area contributed by atoms with Crippen LogP contribution >= 0.6 is 0 Å². The van der Waals surface area contributed by atoms with Gasteiger partial charge in [-0.3, -0.25) is 0 Å². The van der Waals surface area contributed by atoms with Gasteiger partial charge in [0.25, 0.3) is 0 Å². The second-order valence-corrected chi connectivity index (χ2v) is 8.33. The summed E-state index contributed by atoms with van der Waals surface area (Å²) >= 11 is 0. The van der Waals surface area contributed by atoms with E-state index in [1.54, 1.807) is 19.1 Å². The SMILES string of the molecule is COC(=O)c1ccc(C2CCC(C)CC2)c(S(C)(=O)=O)c1C. The van der Waals surface area contributed by atoms with E-state index in [0.29, 0.717) is 21.9 Å². The van der Waals surface area contributed by atoms with Gasteiger partial charge >= 0.3 is 5.97 Å². The lowest BCUT2D eigenvalue weighted by molar-refractivity contribution is 0.0599. The maximum absolute atomic E-state index is 12.3. The summed E-state index contributed by atoms with van der Waals surface area (Å²) in [6, 6.07) is 3.50. The molecule has 0 unspecified atom stereocenters. The number of ether oxygens (including phenoxy) is 1. The minimum absolute atomic E-state index is 0.256. The lowest BCUT2D eigenvalue weighted by atomic mass is 9.79. The zero-order valence-electron chi connectivity index (χ0n) is 13.7. The van der Waals surface area contributed by atoms with Crippen molar-refractivity contribution in [2.24, 2.45) is 5.92 Å². The highest BCUT2D eigenvalue weighted by Gasteiger charge is 2.28. The molecule has 0 spiro atoms. The predicted molar refractivity (Wildman–Crippen MR) is 86.0 cm³/mol. The summed E-state index contributed by atoms with van der Waals surface area (Å²) in [6.45, 7) is 3.93. The normalized spacial score (nSPS) is 22.4. The van der Waals surface area contributed by atoms with Crippen LogP contribution in [-0.2, 0) is 14.6 Å². The molecule has 0 aliphatic heterocycles. The summed E-state index contributed by atoms with van der Waals surface area (Å²) in [7, 11) is -2.10. The third kappa shape index (κ3) is 3.35. The van der Waals surface area contributed by atoms with Gasteiger partial charge in [0.05, 0.1) is 17.6 Å². The van der Waals surface area contributed by atoms with Crippen molar-refractivity contribution in [3.8, 4) is 0 Å². The van der Waals surface area contributed by atoms with Crippen LogP contribution in [0.15, 0.2) is 17.0 Å². The van der Waals surface area contributed by atoms with Crippen molar-refractivity contribution < 1.29 is 17.9 Å². The molecule has 0 heterocycles. The highest BCUT2D eigenvalue weighted by molar-refractivity contribution is 7.90. The van der Waals surface area contributed by atoms with E-state index in [4.69, 9.17) is 4.74 Å². The summed E-state index contributed by atoms with van der Waals surface area (Å²) in [5, 5.41) is 0. The van der Waals surface area contributed by atoms with Gasteiger partial charge in [0.2, 0.25) is 0 Å². The first-order chi connectivity index (χ1) is 10.3. The quantitative estimate of drug-likeness (QED) is 0.799. The smallest absolute Gasteiger partial charge is 0.338 e. The van der Waals surface area contributed by atoms with Crippen molar-refractivity contribution in [1.82, 2.24) is 0 Å². The Hall–Kier alpha value is -1.36. The van der Waals surface area contributed by atoms with Gasteiger partial charge < -0.3 is 4.74 Å². The summed E-state index contributed by atoms with van der Waals surface area (Å²) in [5.74, 6) is 0.464. The Labute approximate surface area is 132 Å². The average Bonchev–Trinajstić information content (AvgIpc) is 2.45. The molecule has 1 aromatic carbocycles. The number of carbonyl (C=O) groups excluding carboxylic acids is 1. The maximum atomic E-state index is 12.3. The summed E-state index contributed by atoms with van der Waals surface area (Å²) in [5.41, 5.74) is 1.70. The molecule has 0 bridgehead atoms. The van der Waals surface area contributed by atoms with E-state index in [2.05, 4.69) is 6.92 Å². The molecule has 1 saturated carbocycles. The molecule has 1 fully saturated rings. The van der Waals surface area contributed by atoms with Gasteiger partial charge in [-0.05, 0) is 48.8 Å². The Morgan fingerprint density at radius 2 is 1.77 bits per heavy atom. The van der Waals surface area contributed by atoms with Gasteiger partial charge in [-0.2, -0.15) is 0 Å². The molecule has 122 valence electrons. The van der Waals surface area contributed by atoms with Crippen LogP contribution in [0, 0.1) is 12.8 Å². The maximum Gasteiger partial charge on any atom is 0.338 e. The summed E-state index contributed by atoms with van der Waals surface area (Å²) in [4.78, 5) is 12.1. The van der Waals surface area contributed by atoms with Crippen molar-refractivity contribution in [2.75, 3.05) is 13.4 Å². The third-order valence-corrected chi connectivity index (χ3v) is 5.95. The molecule has 0 aromatic heterocycles. The van der Waals surface area contributed by atoms with E-state index >= 15 is 0 Å². The number of hydrogen-bond donors (Lipinski definition) is 0. The molecule has 0 saturated heterocycles. The zero-order chi connectivity index (χ0) is 16.5. The van der Waals surface area contributed by atoms with Crippen molar-refractivity contribution in [3.05, 3.63) is 28.8 Å². The molecule has 2 rings (SSSR count). The average molecular weight is 324 g/mol. The topological polar surface area (TPSA) is 60.4 Å². The van der Waals surface area contributed by atoms with Gasteiger partial charge in [0.1, 0.15) is 0 Å². The molecule has 22 heavy (non-hydrogen) atoms. The van der Waals surface area contributed by atoms with Crippen LogP contribution in [-0.4, -0.2) is 27.8 Å². The zero-order valence-corrected chi connectivity index (χ0v) is 14.5. The van der Waals surface area contributed by atoms with E-state index in [9.17, 15) is 13.2 Å². The Morgan fingerprint density at radius 1 is 1.18 bits per heavy atom. The first-order valence-electron chi connectivity index (χ1n) is 7.67. The van der Waals surface area contributed by atoms with E-state index in [1.165, 1.54) is 13.4 Å². The van der Waals surface area contributed by atoms with E-state index in [-0.39, 0.29) is 5.92 Å².